The maximum atomic E-state index is 10.9. The van der Waals surface area contributed by atoms with Crippen LogP contribution in [-0.4, -0.2) is 17.3 Å². The molecule has 0 rings (SSSR count). The zero-order valence-corrected chi connectivity index (χ0v) is 8.07. The standard InChI is InChI=1S/C7H14BrNO/c1-3-4-5-9-7(10)6(2)8/h6H,3-5H2,1-2H3,(H,9,10). The Bertz CT molecular complexity index is 104. The van der Waals surface area contributed by atoms with Crippen LogP contribution >= 0.6 is 15.9 Å². The lowest BCUT2D eigenvalue weighted by Crippen LogP contribution is -2.29. The third kappa shape index (κ3) is 4.79. The quantitative estimate of drug-likeness (QED) is 0.552. The Morgan fingerprint density at radius 2 is 2.30 bits per heavy atom. The first-order valence-electron chi connectivity index (χ1n) is 3.60. The zero-order valence-electron chi connectivity index (χ0n) is 6.48. The first-order valence-corrected chi connectivity index (χ1v) is 4.51. The summed E-state index contributed by atoms with van der Waals surface area (Å²) in [5.41, 5.74) is 0. The second kappa shape index (κ2) is 5.71. The van der Waals surface area contributed by atoms with Gasteiger partial charge in [0.15, 0.2) is 0 Å². The van der Waals surface area contributed by atoms with Crippen molar-refractivity contribution in [1.82, 2.24) is 5.32 Å². The number of carbonyl (C=O) groups is 1. The summed E-state index contributed by atoms with van der Waals surface area (Å²) in [5, 5.41) is 2.80. The van der Waals surface area contributed by atoms with Crippen LogP contribution < -0.4 is 5.32 Å². The highest BCUT2D eigenvalue weighted by molar-refractivity contribution is 9.10. The Hall–Kier alpha value is -0.0500. The van der Waals surface area contributed by atoms with Crippen molar-refractivity contribution in [2.24, 2.45) is 0 Å². The molecule has 0 spiro atoms. The molecular formula is C7H14BrNO. The lowest BCUT2D eigenvalue weighted by atomic mass is 10.3. The molecule has 2 nitrogen and oxygen atoms in total. The maximum absolute atomic E-state index is 10.9. The summed E-state index contributed by atoms with van der Waals surface area (Å²) in [4.78, 5) is 10.8. The second-order valence-electron chi connectivity index (χ2n) is 2.26. The van der Waals surface area contributed by atoms with Gasteiger partial charge in [-0.15, -0.1) is 0 Å². The van der Waals surface area contributed by atoms with E-state index in [0.29, 0.717) is 0 Å². The van der Waals surface area contributed by atoms with Gasteiger partial charge in [0, 0.05) is 6.54 Å². The van der Waals surface area contributed by atoms with Crippen molar-refractivity contribution in [2.75, 3.05) is 6.54 Å². The van der Waals surface area contributed by atoms with Gasteiger partial charge < -0.3 is 5.32 Å². The van der Waals surface area contributed by atoms with Crippen molar-refractivity contribution >= 4 is 21.8 Å². The lowest BCUT2D eigenvalue weighted by molar-refractivity contribution is -0.120. The molecule has 1 N–H and O–H groups in total. The van der Waals surface area contributed by atoms with Gasteiger partial charge in [-0.2, -0.15) is 0 Å². The van der Waals surface area contributed by atoms with Crippen LogP contribution in [-0.2, 0) is 4.79 Å². The summed E-state index contributed by atoms with van der Waals surface area (Å²) in [6, 6.07) is 0. The number of alkyl halides is 1. The molecule has 60 valence electrons. The minimum Gasteiger partial charge on any atom is -0.355 e. The van der Waals surface area contributed by atoms with E-state index in [1.165, 1.54) is 0 Å². The molecule has 0 radical (unpaired) electrons. The van der Waals surface area contributed by atoms with E-state index in [2.05, 4.69) is 28.2 Å². The van der Waals surface area contributed by atoms with Crippen LogP contribution in [0.2, 0.25) is 0 Å². The topological polar surface area (TPSA) is 29.1 Å². The lowest BCUT2D eigenvalue weighted by Gasteiger charge is -2.04. The van der Waals surface area contributed by atoms with Crippen LogP contribution in [0.25, 0.3) is 0 Å². The first kappa shape index (κ1) is 9.95. The van der Waals surface area contributed by atoms with E-state index in [-0.39, 0.29) is 10.7 Å². The van der Waals surface area contributed by atoms with Crippen molar-refractivity contribution in [3.63, 3.8) is 0 Å². The molecule has 0 aromatic carbocycles. The number of halogens is 1. The fraction of sp³-hybridized carbons (Fsp3) is 0.857. The molecule has 0 aliphatic heterocycles. The monoisotopic (exact) mass is 207 g/mol. The van der Waals surface area contributed by atoms with Gasteiger partial charge in [0.05, 0.1) is 4.83 Å². The maximum Gasteiger partial charge on any atom is 0.233 e. The van der Waals surface area contributed by atoms with Crippen molar-refractivity contribution in [2.45, 2.75) is 31.5 Å². The molecule has 0 aliphatic rings. The van der Waals surface area contributed by atoms with Gasteiger partial charge >= 0.3 is 0 Å². The molecule has 1 atom stereocenters. The number of unbranched alkanes of at least 4 members (excludes halogenated alkanes) is 1. The van der Waals surface area contributed by atoms with Gasteiger partial charge in [-0.1, -0.05) is 29.3 Å². The second-order valence-corrected chi connectivity index (χ2v) is 3.63. The van der Waals surface area contributed by atoms with Gasteiger partial charge in [-0.3, -0.25) is 4.79 Å². The highest BCUT2D eigenvalue weighted by Crippen LogP contribution is 1.96. The number of nitrogens with one attached hydrogen (secondary N) is 1. The molecule has 0 bridgehead atoms. The normalized spacial score (nSPS) is 12.7. The predicted octanol–water partition coefficient (Wildman–Crippen LogP) is 1.69. The minimum atomic E-state index is -0.0654. The molecule has 0 aromatic rings. The molecule has 3 heteroatoms. The summed E-state index contributed by atoms with van der Waals surface area (Å²) >= 11 is 3.18. The predicted molar refractivity (Wildman–Crippen MR) is 46.3 cm³/mol. The number of hydrogen-bond acceptors (Lipinski definition) is 1. The molecule has 0 saturated heterocycles. The van der Waals surface area contributed by atoms with Gasteiger partial charge in [-0.25, -0.2) is 0 Å². The molecule has 0 fully saturated rings. The third-order valence-electron chi connectivity index (χ3n) is 1.19. The summed E-state index contributed by atoms with van der Waals surface area (Å²) in [6.07, 6.45) is 2.18. The van der Waals surface area contributed by atoms with E-state index < -0.39 is 0 Å². The Morgan fingerprint density at radius 3 is 2.70 bits per heavy atom. The van der Waals surface area contributed by atoms with E-state index in [4.69, 9.17) is 0 Å². The van der Waals surface area contributed by atoms with Gasteiger partial charge in [0.2, 0.25) is 5.91 Å². The van der Waals surface area contributed by atoms with Gasteiger partial charge in [0.25, 0.3) is 0 Å². The Kier molecular flexibility index (Phi) is 5.69. The number of amides is 1. The molecule has 0 aromatic heterocycles. The van der Waals surface area contributed by atoms with E-state index in [1.807, 2.05) is 6.92 Å². The molecule has 1 unspecified atom stereocenters. The summed E-state index contributed by atoms with van der Waals surface area (Å²) < 4.78 is 0. The van der Waals surface area contributed by atoms with Crippen molar-refractivity contribution in [3.05, 3.63) is 0 Å². The van der Waals surface area contributed by atoms with Gasteiger partial charge in [-0.05, 0) is 13.3 Å². The van der Waals surface area contributed by atoms with Crippen LogP contribution in [0, 0.1) is 0 Å². The highest BCUT2D eigenvalue weighted by atomic mass is 79.9. The average molecular weight is 208 g/mol. The van der Waals surface area contributed by atoms with Crippen LogP contribution in [0.1, 0.15) is 26.7 Å². The number of rotatable bonds is 4. The minimum absolute atomic E-state index is 0.0654. The summed E-state index contributed by atoms with van der Waals surface area (Å²) in [7, 11) is 0. The Morgan fingerprint density at radius 1 is 1.70 bits per heavy atom. The zero-order chi connectivity index (χ0) is 7.98. The highest BCUT2D eigenvalue weighted by Gasteiger charge is 2.05. The SMILES string of the molecule is CCCCNC(=O)C(C)Br. The molecule has 0 heterocycles. The van der Waals surface area contributed by atoms with Crippen molar-refractivity contribution < 1.29 is 4.79 Å². The molecule has 10 heavy (non-hydrogen) atoms. The number of hydrogen-bond donors (Lipinski definition) is 1. The average Bonchev–Trinajstić information content (AvgIpc) is 1.88. The molecular weight excluding hydrogens is 194 g/mol. The van der Waals surface area contributed by atoms with E-state index in [9.17, 15) is 4.79 Å². The number of carbonyl (C=O) groups excluding carboxylic acids is 1. The largest absolute Gasteiger partial charge is 0.355 e. The van der Waals surface area contributed by atoms with Crippen LogP contribution in [0.3, 0.4) is 0 Å². The smallest absolute Gasteiger partial charge is 0.233 e. The van der Waals surface area contributed by atoms with Crippen LogP contribution in [0.5, 0.6) is 0 Å². The van der Waals surface area contributed by atoms with E-state index in [1.54, 1.807) is 0 Å². The van der Waals surface area contributed by atoms with Crippen LogP contribution in [0.4, 0.5) is 0 Å². The Labute approximate surface area is 70.5 Å². The van der Waals surface area contributed by atoms with E-state index in [0.717, 1.165) is 19.4 Å². The molecule has 0 aliphatic carbocycles. The van der Waals surface area contributed by atoms with E-state index >= 15 is 0 Å². The van der Waals surface area contributed by atoms with Crippen LogP contribution in [0.15, 0.2) is 0 Å². The fourth-order valence-electron chi connectivity index (χ4n) is 0.529. The summed E-state index contributed by atoms with van der Waals surface area (Å²) in [5.74, 6) is 0.0773. The molecule has 0 saturated carbocycles. The third-order valence-corrected chi connectivity index (χ3v) is 1.61. The van der Waals surface area contributed by atoms with Crippen molar-refractivity contribution in [1.29, 1.82) is 0 Å². The molecule has 1 amide bonds. The van der Waals surface area contributed by atoms with Crippen molar-refractivity contribution in [3.8, 4) is 0 Å². The fourth-order valence-corrected chi connectivity index (χ4v) is 0.691. The Balaban J connectivity index is 3.22. The summed E-state index contributed by atoms with van der Waals surface area (Å²) in [6.45, 7) is 4.72. The first-order chi connectivity index (χ1) is 4.68. The van der Waals surface area contributed by atoms with Gasteiger partial charge in [0.1, 0.15) is 0 Å².